The predicted molar refractivity (Wildman–Crippen MR) is 63.6 cm³/mol. The Kier molecular flexibility index (Phi) is 4.20. The maximum atomic E-state index is 11.6. The van der Waals surface area contributed by atoms with Crippen LogP contribution in [0.15, 0.2) is 36.4 Å². The maximum Gasteiger partial charge on any atom is 0.337 e. The van der Waals surface area contributed by atoms with E-state index in [-0.39, 0.29) is 11.3 Å². The lowest BCUT2D eigenvalue weighted by Gasteiger charge is -2.17. The van der Waals surface area contributed by atoms with Crippen molar-refractivity contribution in [2.45, 2.75) is 0 Å². The molecule has 0 saturated carbocycles. The van der Waals surface area contributed by atoms with Crippen molar-refractivity contribution < 1.29 is 24.6 Å². The molecule has 1 aromatic carbocycles. The highest BCUT2D eigenvalue weighted by atomic mass is 16.4. The number of para-hydroxylation sites is 1. The highest BCUT2D eigenvalue weighted by molar-refractivity contribution is 6.07. The molecule has 0 fully saturated rings. The summed E-state index contributed by atoms with van der Waals surface area (Å²) in [6, 6.07) is 5.96. The van der Waals surface area contributed by atoms with E-state index in [4.69, 9.17) is 10.2 Å². The molecule has 0 bridgehead atoms. The summed E-state index contributed by atoms with van der Waals surface area (Å²) in [5.74, 6) is -3.03. The molecule has 0 unspecified atom stereocenters. The Balaban J connectivity index is 3.04. The summed E-state index contributed by atoms with van der Waals surface area (Å²) < 4.78 is 0. The van der Waals surface area contributed by atoms with Crippen LogP contribution < -0.4 is 4.90 Å². The standard InChI is InChI=1S/C12H11NO5/c1-13(10(14)6-7-11(15)16)9-5-3-2-4-8(9)12(17)18/h2-7H,1H3,(H,15,16)(H,17,18)/b7-6+. The Morgan fingerprint density at radius 2 is 1.72 bits per heavy atom. The number of benzene rings is 1. The molecule has 0 atom stereocenters. The van der Waals surface area contributed by atoms with E-state index in [1.165, 1.54) is 19.2 Å². The molecule has 0 aromatic heterocycles. The molecule has 1 aromatic rings. The number of hydrogen-bond acceptors (Lipinski definition) is 3. The second kappa shape index (κ2) is 5.62. The van der Waals surface area contributed by atoms with Gasteiger partial charge in [0.25, 0.3) is 5.91 Å². The Labute approximate surface area is 103 Å². The van der Waals surface area contributed by atoms with Crippen LogP contribution in [0.4, 0.5) is 5.69 Å². The molecule has 0 aliphatic carbocycles. The van der Waals surface area contributed by atoms with Gasteiger partial charge < -0.3 is 15.1 Å². The molecule has 6 nitrogen and oxygen atoms in total. The first-order valence-corrected chi connectivity index (χ1v) is 4.94. The van der Waals surface area contributed by atoms with E-state index in [0.29, 0.717) is 6.08 Å². The third-order valence-corrected chi connectivity index (χ3v) is 2.19. The molecular weight excluding hydrogens is 238 g/mol. The van der Waals surface area contributed by atoms with Gasteiger partial charge in [-0.2, -0.15) is 0 Å². The Morgan fingerprint density at radius 1 is 1.11 bits per heavy atom. The molecule has 0 radical (unpaired) electrons. The van der Waals surface area contributed by atoms with E-state index in [2.05, 4.69) is 0 Å². The van der Waals surface area contributed by atoms with Crippen LogP contribution in [0.25, 0.3) is 0 Å². The molecule has 6 heteroatoms. The van der Waals surface area contributed by atoms with E-state index < -0.39 is 17.8 Å². The second-order valence-corrected chi connectivity index (χ2v) is 3.39. The molecule has 0 aliphatic heterocycles. The van der Waals surface area contributed by atoms with Gasteiger partial charge in [0, 0.05) is 19.2 Å². The van der Waals surface area contributed by atoms with Gasteiger partial charge in [-0.05, 0) is 12.1 Å². The minimum Gasteiger partial charge on any atom is -0.478 e. The number of carboxylic acid groups (broad SMARTS) is 2. The molecule has 0 aliphatic rings. The third kappa shape index (κ3) is 3.18. The Bertz CT molecular complexity index is 521. The highest BCUT2D eigenvalue weighted by Crippen LogP contribution is 2.19. The van der Waals surface area contributed by atoms with Gasteiger partial charge in [0.2, 0.25) is 0 Å². The number of nitrogens with zero attached hydrogens (tertiary/aromatic N) is 1. The van der Waals surface area contributed by atoms with Gasteiger partial charge in [-0.1, -0.05) is 12.1 Å². The van der Waals surface area contributed by atoms with Gasteiger partial charge in [-0.15, -0.1) is 0 Å². The first kappa shape index (κ1) is 13.4. The smallest absolute Gasteiger partial charge is 0.337 e. The van der Waals surface area contributed by atoms with Crippen LogP contribution in [-0.4, -0.2) is 35.1 Å². The van der Waals surface area contributed by atoms with E-state index in [1.54, 1.807) is 12.1 Å². The minimum absolute atomic E-state index is 0.0305. The first-order chi connectivity index (χ1) is 8.43. The van der Waals surface area contributed by atoms with Crippen molar-refractivity contribution in [3.8, 4) is 0 Å². The fourth-order valence-electron chi connectivity index (χ4n) is 1.32. The normalized spacial score (nSPS) is 10.3. The number of likely N-dealkylation sites (N-methyl/N-ethyl adjacent to an activating group) is 1. The molecule has 18 heavy (non-hydrogen) atoms. The fraction of sp³-hybridized carbons (Fsp3) is 0.0833. The van der Waals surface area contributed by atoms with E-state index >= 15 is 0 Å². The number of amides is 1. The average molecular weight is 249 g/mol. The average Bonchev–Trinajstić information content (AvgIpc) is 2.34. The number of rotatable bonds is 4. The number of aliphatic carboxylic acids is 1. The van der Waals surface area contributed by atoms with Crippen molar-refractivity contribution in [2.24, 2.45) is 0 Å². The summed E-state index contributed by atoms with van der Waals surface area (Å²) in [5.41, 5.74) is 0.169. The van der Waals surface area contributed by atoms with Crippen molar-refractivity contribution in [1.29, 1.82) is 0 Å². The number of carbonyl (C=O) groups excluding carboxylic acids is 1. The maximum absolute atomic E-state index is 11.6. The summed E-state index contributed by atoms with van der Waals surface area (Å²) in [4.78, 5) is 33.9. The molecule has 2 N–H and O–H groups in total. The number of carbonyl (C=O) groups is 3. The van der Waals surface area contributed by atoms with E-state index in [1.807, 2.05) is 0 Å². The van der Waals surface area contributed by atoms with Crippen molar-refractivity contribution in [2.75, 3.05) is 11.9 Å². The number of anilines is 1. The lowest BCUT2D eigenvalue weighted by atomic mass is 10.1. The summed E-state index contributed by atoms with van der Waals surface area (Å²) in [6.45, 7) is 0. The molecule has 0 saturated heterocycles. The van der Waals surface area contributed by atoms with E-state index in [9.17, 15) is 14.4 Å². The van der Waals surface area contributed by atoms with Gasteiger partial charge in [0.1, 0.15) is 0 Å². The van der Waals surface area contributed by atoms with Crippen LogP contribution >= 0.6 is 0 Å². The summed E-state index contributed by atoms with van der Waals surface area (Å²) in [6.07, 6.45) is 1.56. The zero-order valence-electron chi connectivity index (χ0n) is 9.53. The lowest BCUT2D eigenvalue weighted by Crippen LogP contribution is -2.26. The third-order valence-electron chi connectivity index (χ3n) is 2.19. The fourth-order valence-corrected chi connectivity index (χ4v) is 1.32. The zero-order valence-corrected chi connectivity index (χ0v) is 9.53. The number of carboxylic acids is 2. The zero-order chi connectivity index (χ0) is 13.7. The lowest BCUT2D eigenvalue weighted by molar-refractivity contribution is -0.131. The van der Waals surface area contributed by atoms with Crippen molar-refractivity contribution >= 4 is 23.5 Å². The topological polar surface area (TPSA) is 94.9 Å². The quantitative estimate of drug-likeness (QED) is 0.776. The van der Waals surface area contributed by atoms with Crippen LogP contribution in [0.3, 0.4) is 0 Å². The monoisotopic (exact) mass is 249 g/mol. The molecule has 0 spiro atoms. The number of hydrogen-bond donors (Lipinski definition) is 2. The second-order valence-electron chi connectivity index (χ2n) is 3.39. The Hall–Kier alpha value is -2.63. The van der Waals surface area contributed by atoms with Gasteiger partial charge in [-0.25, -0.2) is 9.59 Å². The van der Waals surface area contributed by atoms with Gasteiger partial charge >= 0.3 is 11.9 Å². The van der Waals surface area contributed by atoms with Crippen molar-refractivity contribution in [3.05, 3.63) is 42.0 Å². The summed E-state index contributed by atoms with van der Waals surface area (Å²) in [7, 11) is 1.37. The van der Waals surface area contributed by atoms with Crippen molar-refractivity contribution in [3.63, 3.8) is 0 Å². The van der Waals surface area contributed by atoms with Gasteiger partial charge in [0.15, 0.2) is 0 Å². The van der Waals surface area contributed by atoms with E-state index in [0.717, 1.165) is 11.0 Å². The number of aromatic carboxylic acids is 1. The summed E-state index contributed by atoms with van der Waals surface area (Å²) in [5, 5.41) is 17.4. The van der Waals surface area contributed by atoms with Crippen LogP contribution in [0.5, 0.6) is 0 Å². The largest absolute Gasteiger partial charge is 0.478 e. The predicted octanol–water partition coefficient (Wildman–Crippen LogP) is 0.988. The van der Waals surface area contributed by atoms with Gasteiger partial charge in [0.05, 0.1) is 11.3 Å². The Morgan fingerprint density at radius 3 is 2.28 bits per heavy atom. The van der Waals surface area contributed by atoms with Crippen LogP contribution in [0.2, 0.25) is 0 Å². The summed E-state index contributed by atoms with van der Waals surface area (Å²) >= 11 is 0. The molecule has 94 valence electrons. The highest BCUT2D eigenvalue weighted by Gasteiger charge is 2.16. The molecule has 1 amide bonds. The van der Waals surface area contributed by atoms with Crippen LogP contribution in [0, 0.1) is 0 Å². The van der Waals surface area contributed by atoms with Crippen LogP contribution in [-0.2, 0) is 9.59 Å². The van der Waals surface area contributed by atoms with Gasteiger partial charge in [-0.3, -0.25) is 4.79 Å². The molecule has 1 rings (SSSR count). The minimum atomic E-state index is -1.25. The first-order valence-electron chi connectivity index (χ1n) is 4.94. The van der Waals surface area contributed by atoms with Crippen LogP contribution in [0.1, 0.15) is 10.4 Å². The SMILES string of the molecule is CN(C(=O)/C=C/C(=O)O)c1ccccc1C(=O)O. The van der Waals surface area contributed by atoms with Crippen molar-refractivity contribution in [1.82, 2.24) is 0 Å². The molecule has 0 heterocycles. The molecular formula is C12H11NO5.